The van der Waals surface area contributed by atoms with E-state index in [1.54, 1.807) is 24.3 Å². The summed E-state index contributed by atoms with van der Waals surface area (Å²) in [6.45, 7) is 3.40. The van der Waals surface area contributed by atoms with Gasteiger partial charge in [0, 0.05) is 30.9 Å². The van der Waals surface area contributed by atoms with Gasteiger partial charge in [0.15, 0.2) is 0 Å². The molecule has 0 unspecified atom stereocenters. The van der Waals surface area contributed by atoms with Crippen molar-refractivity contribution in [1.82, 2.24) is 15.6 Å². The van der Waals surface area contributed by atoms with Gasteiger partial charge in [-0.2, -0.15) is 0 Å². The summed E-state index contributed by atoms with van der Waals surface area (Å²) < 4.78 is 5.54. The molecule has 1 aliphatic heterocycles. The van der Waals surface area contributed by atoms with Crippen LogP contribution in [0.5, 0.6) is 5.75 Å². The zero-order valence-corrected chi connectivity index (χ0v) is 16.8. The molecule has 0 radical (unpaired) electrons. The number of benzene rings is 1. The fraction of sp³-hybridized carbons (Fsp3) is 0.429. The molecule has 150 valence electrons. The lowest BCUT2D eigenvalue weighted by Crippen LogP contribution is -2.37. The monoisotopic (exact) mass is 402 g/mol. The quantitative estimate of drug-likeness (QED) is 0.687. The maximum atomic E-state index is 11.9. The molecule has 1 aliphatic rings. The van der Waals surface area contributed by atoms with Crippen LogP contribution in [0.1, 0.15) is 31.2 Å². The summed E-state index contributed by atoms with van der Waals surface area (Å²) in [6, 6.07) is 11.0. The first-order valence-electron chi connectivity index (χ1n) is 9.81. The van der Waals surface area contributed by atoms with Gasteiger partial charge < -0.3 is 20.3 Å². The molecule has 7 heteroatoms. The van der Waals surface area contributed by atoms with E-state index in [0.29, 0.717) is 24.7 Å². The molecule has 0 atom stereocenters. The van der Waals surface area contributed by atoms with Crippen molar-refractivity contribution < 1.29 is 9.53 Å². The number of rotatable bonds is 7. The van der Waals surface area contributed by atoms with Crippen molar-refractivity contribution in [2.45, 2.75) is 32.2 Å². The van der Waals surface area contributed by atoms with Crippen LogP contribution in [0.2, 0.25) is 5.02 Å². The van der Waals surface area contributed by atoms with Crippen LogP contribution < -0.4 is 20.3 Å². The lowest BCUT2D eigenvalue weighted by atomic mass is 10.2. The highest BCUT2D eigenvalue weighted by molar-refractivity contribution is 6.30. The molecular weight excluding hydrogens is 376 g/mol. The lowest BCUT2D eigenvalue weighted by Gasteiger charge is -2.21. The fourth-order valence-corrected chi connectivity index (χ4v) is 3.24. The Hall–Kier alpha value is -2.47. The second-order valence-electron chi connectivity index (χ2n) is 6.84. The van der Waals surface area contributed by atoms with E-state index in [4.69, 9.17) is 16.3 Å². The smallest absolute Gasteiger partial charge is 0.315 e. The minimum atomic E-state index is -0.226. The summed E-state index contributed by atoms with van der Waals surface area (Å²) in [7, 11) is 0. The minimum absolute atomic E-state index is 0.226. The highest BCUT2D eigenvalue weighted by Gasteiger charge is 2.10. The third-order valence-corrected chi connectivity index (χ3v) is 4.91. The number of ether oxygens (including phenoxy) is 1. The molecule has 28 heavy (non-hydrogen) atoms. The first kappa shape index (κ1) is 20.3. The van der Waals surface area contributed by atoms with Crippen molar-refractivity contribution in [3.8, 4) is 5.75 Å². The summed E-state index contributed by atoms with van der Waals surface area (Å²) in [4.78, 5) is 18.8. The highest BCUT2D eigenvalue weighted by atomic mass is 35.5. The maximum Gasteiger partial charge on any atom is 0.315 e. The van der Waals surface area contributed by atoms with Gasteiger partial charge in [-0.1, -0.05) is 30.5 Å². The SMILES string of the molecule is O=C(NCCOc1ccc(Cl)cc1)NCc1ccc(N2CCCCCC2)nc1. The van der Waals surface area contributed by atoms with Crippen molar-refractivity contribution in [3.05, 3.63) is 53.2 Å². The van der Waals surface area contributed by atoms with E-state index in [1.807, 2.05) is 18.3 Å². The molecule has 2 N–H and O–H groups in total. The molecule has 3 rings (SSSR count). The van der Waals surface area contributed by atoms with Crippen LogP contribution in [0, 0.1) is 0 Å². The van der Waals surface area contributed by atoms with Gasteiger partial charge in [0.25, 0.3) is 0 Å². The van der Waals surface area contributed by atoms with E-state index in [0.717, 1.165) is 30.2 Å². The summed E-state index contributed by atoms with van der Waals surface area (Å²) in [5, 5.41) is 6.28. The number of aromatic nitrogens is 1. The second kappa shape index (κ2) is 10.8. The molecule has 6 nitrogen and oxygen atoms in total. The molecular formula is C21H27ClN4O2. The van der Waals surface area contributed by atoms with Crippen LogP contribution in [0.3, 0.4) is 0 Å². The van der Waals surface area contributed by atoms with Crippen molar-refractivity contribution in [2.24, 2.45) is 0 Å². The minimum Gasteiger partial charge on any atom is -0.492 e. The maximum absolute atomic E-state index is 11.9. The number of carbonyl (C=O) groups is 1. The molecule has 2 amide bonds. The van der Waals surface area contributed by atoms with Gasteiger partial charge in [0.2, 0.25) is 0 Å². The third-order valence-electron chi connectivity index (χ3n) is 4.66. The van der Waals surface area contributed by atoms with Crippen molar-refractivity contribution in [3.63, 3.8) is 0 Å². The largest absolute Gasteiger partial charge is 0.492 e. The Morgan fingerprint density at radius 2 is 1.79 bits per heavy atom. The molecule has 0 aliphatic carbocycles. The zero-order valence-electron chi connectivity index (χ0n) is 16.0. The van der Waals surface area contributed by atoms with Gasteiger partial charge in [-0.15, -0.1) is 0 Å². The van der Waals surface area contributed by atoms with E-state index < -0.39 is 0 Å². The number of carbonyl (C=O) groups excluding carboxylic acids is 1. The molecule has 0 spiro atoms. The predicted octanol–water partition coefficient (Wildman–Crippen LogP) is 3.99. The number of urea groups is 1. The summed E-state index contributed by atoms with van der Waals surface area (Å²) >= 11 is 5.83. The normalized spacial score (nSPS) is 14.2. The number of nitrogens with zero attached hydrogens (tertiary/aromatic N) is 2. The van der Waals surface area contributed by atoms with Crippen molar-refractivity contribution >= 4 is 23.4 Å². The molecule has 1 aromatic heterocycles. The molecule has 1 aromatic carbocycles. The van der Waals surface area contributed by atoms with Gasteiger partial charge in [0.05, 0.1) is 6.54 Å². The van der Waals surface area contributed by atoms with Gasteiger partial charge in [-0.05, 0) is 48.7 Å². The average Bonchev–Trinajstić information content (AvgIpc) is 3.01. The van der Waals surface area contributed by atoms with Crippen LogP contribution in [-0.2, 0) is 6.54 Å². The molecule has 1 saturated heterocycles. The zero-order chi connectivity index (χ0) is 19.6. The topological polar surface area (TPSA) is 66.5 Å². The van der Waals surface area contributed by atoms with E-state index in [9.17, 15) is 4.79 Å². The number of halogens is 1. The number of amides is 2. The number of hydrogen-bond donors (Lipinski definition) is 2. The van der Waals surface area contributed by atoms with E-state index >= 15 is 0 Å². The van der Waals surface area contributed by atoms with Crippen molar-refractivity contribution in [1.29, 1.82) is 0 Å². The Kier molecular flexibility index (Phi) is 7.79. The van der Waals surface area contributed by atoms with Crippen LogP contribution >= 0.6 is 11.6 Å². The first-order chi connectivity index (χ1) is 13.7. The molecule has 2 aromatic rings. The second-order valence-corrected chi connectivity index (χ2v) is 7.27. The summed E-state index contributed by atoms with van der Waals surface area (Å²) in [5.74, 6) is 1.75. The Labute approximate surface area is 171 Å². The lowest BCUT2D eigenvalue weighted by molar-refractivity contribution is 0.236. The van der Waals surface area contributed by atoms with Gasteiger partial charge in [-0.3, -0.25) is 0 Å². The van der Waals surface area contributed by atoms with Gasteiger partial charge >= 0.3 is 6.03 Å². The van der Waals surface area contributed by atoms with E-state index in [1.165, 1.54) is 25.7 Å². The Morgan fingerprint density at radius 3 is 2.46 bits per heavy atom. The predicted molar refractivity (Wildman–Crippen MR) is 112 cm³/mol. The number of anilines is 1. The highest BCUT2D eigenvalue weighted by Crippen LogP contribution is 2.17. The van der Waals surface area contributed by atoms with E-state index in [-0.39, 0.29) is 6.03 Å². The molecule has 2 heterocycles. The summed E-state index contributed by atoms with van der Waals surface area (Å²) in [6.07, 6.45) is 6.90. The Bertz CT molecular complexity index is 729. The van der Waals surface area contributed by atoms with Gasteiger partial charge in [-0.25, -0.2) is 9.78 Å². The number of pyridine rings is 1. The summed E-state index contributed by atoms with van der Waals surface area (Å²) in [5.41, 5.74) is 0.978. The van der Waals surface area contributed by atoms with Crippen molar-refractivity contribution in [2.75, 3.05) is 31.1 Å². The Morgan fingerprint density at radius 1 is 1.04 bits per heavy atom. The Balaban J connectivity index is 1.34. The molecule has 0 bridgehead atoms. The van der Waals surface area contributed by atoms with E-state index in [2.05, 4.69) is 20.5 Å². The first-order valence-corrected chi connectivity index (χ1v) is 10.2. The van der Waals surface area contributed by atoms with Crippen LogP contribution in [0.15, 0.2) is 42.6 Å². The fourth-order valence-electron chi connectivity index (χ4n) is 3.12. The standard InChI is InChI=1S/C21H27ClN4O2/c22-18-6-8-19(9-7-18)28-14-11-23-21(27)25-16-17-5-10-20(24-15-17)26-12-3-1-2-4-13-26/h5-10,15H,1-4,11-14,16H2,(H2,23,25,27). The number of hydrogen-bond acceptors (Lipinski definition) is 4. The van der Waals surface area contributed by atoms with Crippen LogP contribution in [0.25, 0.3) is 0 Å². The van der Waals surface area contributed by atoms with Gasteiger partial charge in [0.1, 0.15) is 18.2 Å². The average molecular weight is 403 g/mol. The van der Waals surface area contributed by atoms with Crippen LogP contribution in [-0.4, -0.2) is 37.3 Å². The molecule has 1 fully saturated rings. The third kappa shape index (κ3) is 6.60. The molecule has 0 saturated carbocycles. The number of nitrogens with one attached hydrogen (secondary N) is 2. The van der Waals surface area contributed by atoms with Crippen LogP contribution in [0.4, 0.5) is 10.6 Å².